The normalized spacial score (nSPS) is 26.4. The highest BCUT2D eigenvalue weighted by molar-refractivity contribution is 9.10. The van der Waals surface area contributed by atoms with Crippen molar-refractivity contribution in [2.24, 2.45) is 5.41 Å². The summed E-state index contributed by atoms with van der Waals surface area (Å²) in [5.74, 6) is -0.774. The van der Waals surface area contributed by atoms with Gasteiger partial charge in [0.2, 0.25) is 21.8 Å². The predicted molar refractivity (Wildman–Crippen MR) is 150 cm³/mol. The molecule has 0 radical (unpaired) electrons. The molecule has 1 saturated carbocycles. The average molecular weight is 629 g/mol. The number of hydrogen-bond donors (Lipinski definition) is 2. The van der Waals surface area contributed by atoms with Crippen LogP contribution in [0.25, 0.3) is 17.0 Å². The van der Waals surface area contributed by atoms with Gasteiger partial charge < -0.3 is 10.2 Å². The van der Waals surface area contributed by atoms with Crippen LogP contribution in [0.1, 0.15) is 42.2 Å². The number of carbonyl (C=O) groups is 3. The van der Waals surface area contributed by atoms with Gasteiger partial charge in [0, 0.05) is 42.1 Å². The Morgan fingerprint density at radius 2 is 2.05 bits per heavy atom. The van der Waals surface area contributed by atoms with Gasteiger partial charge >= 0.3 is 0 Å². The largest absolute Gasteiger partial charge is 0.325 e. The van der Waals surface area contributed by atoms with E-state index in [1.165, 1.54) is 11.6 Å². The number of nitrogens with one attached hydrogen (secondary N) is 2. The maximum atomic E-state index is 13.8. The number of fused-ring (bicyclic) bond motifs is 3. The van der Waals surface area contributed by atoms with Crippen LogP contribution in [0.2, 0.25) is 0 Å². The lowest BCUT2D eigenvalue weighted by Gasteiger charge is -2.27. The molecule has 2 bridgehead atoms. The Bertz CT molecular complexity index is 1700. The Balaban J connectivity index is 1.35. The van der Waals surface area contributed by atoms with Crippen molar-refractivity contribution in [2.75, 3.05) is 17.6 Å². The van der Waals surface area contributed by atoms with Crippen LogP contribution >= 0.6 is 15.9 Å². The summed E-state index contributed by atoms with van der Waals surface area (Å²) in [7, 11) is -3.56. The van der Waals surface area contributed by atoms with Gasteiger partial charge in [0.05, 0.1) is 17.5 Å². The Labute approximate surface area is 238 Å². The van der Waals surface area contributed by atoms with E-state index in [2.05, 4.69) is 41.0 Å². The summed E-state index contributed by atoms with van der Waals surface area (Å²) in [6.07, 6.45) is 7.71. The number of carbonyl (C=O) groups excluding carboxylic acids is 3. The van der Waals surface area contributed by atoms with Crippen molar-refractivity contribution in [3.63, 3.8) is 0 Å². The Morgan fingerprint density at radius 1 is 1.23 bits per heavy atom. The van der Waals surface area contributed by atoms with Crippen LogP contribution in [-0.4, -0.2) is 75.0 Å². The van der Waals surface area contributed by atoms with Crippen molar-refractivity contribution in [3.8, 4) is 0 Å². The number of sulfonamides is 1. The van der Waals surface area contributed by atoms with Crippen molar-refractivity contribution < 1.29 is 22.8 Å². The van der Waals surface area contributed by atoms with Crippen LogP contribution < -0.4 is 10.0 Å². The number of anilines is 1. The summed E-state index contributed by atoms with van der Waals surface area (Å²) in [5, 5.41) is 7.86. The fourth-order valence-corrected chi connectivity index (χ4v) is 7.13. The number of ketones is 1. The van der Waals surface area contributed by atoms with E-state index in [1.807, 2.05) is 0 Å². The number of aromatic nitrogens is 4. The second-order valence-electron chi connectivity index (χ2n) is 10.5. The first-order valence-corrected chi connectivity index (χ1v) is 15.3. The lowest BCUT2D eigenvalue weighted by atomic mass is 9.99. The topological polar surface area (TPSA) is 156 Å². The van der Waals surface area contributed by atoms with Gasteiger partial charge in [-0.15, -0.1) is 0 Å². The monoisotopic (exact) mass is 627 g/mol. The van der Waals surface area contributed by atoms with E-state index in [0.717, 1.165) is 0 Å². The zero-order valence-electron chi connectivity index (χ0n) is 21.5. The second-order valence-corrected chi connectivity index (χ2v) is 13.2. The molecule has 6 rings (SSSR count). The minimum absolute atomic E-state index is 0.0825. The summed E-state index contributed by atoms with van der Waals surface area (Å²) in [6, 6.07) is 4.01. The quantitative estimate of drug-likeness (QED) is 0.330. The molecular formula is C26H26BrN7O5S. The molecule has 2 aliphatic heterocycles. The molecule has 3 aromatic rings. The third-order valence-corrected chi connectivity index (χ3v) is 9.61. The number of hydrogen-bond acceptors (Lipinski definition) is 8. The fraction of sp³-hybridized carbons (Fsp3) is 0.385. The first kappa shape index (κ1) is 26.7. The molecule has 3 aromatic heterocycles. The summed E-state index contributed by atoms with van der Waals surface area (Å²) in [4.78, 5) is 49.8. The van der Waals surface area contributed by atoms with Crippen molar-refractivity contribution in [2.45, 2.75) is 44.8 Å². The van der Waals surface area contributed by atoms with Crippen molar-refractivity contribution >= 4 is 66.3 Å². The number of nitrogens with zero attached hydrogens (tertiary/aromatic N) is 5. The number of rotatable bonds is 3. The predicted octanol–water partition coefficient (Wildman–Crippen LogP) is 2.13. The third-order valence-electron chi connectivity index (χ3n) is 7.81. The Morgan fingerprint density at radius 3 is 2.85 bits per heavy atom. The van der Waals surface area contributed by atoms with E-state index in [0.29, 0.717) is 39.7 Å². The van der Waals surface area contributed by atoms with E-state index in [1.54, 1.807) is 47.6 Å². The maximum absolute atomic E-state index is 13.8. The van der Waals surface area contributed by atoms with E-state index < -0.39 is 27.4 Å². The second kappa shape index (κ2) is 9.85. The molecule has 1 saturated heterocycles. The molecule has 1 spiro atoms. The molecular weight excluding hydrogens is 602 g/mol. The first-order chi connectivity index (χ1) is 19.1. The van der Waals surface area contributed by atoms with Crippen LogP contribution in [0, 0.1) is 5.41 Å². The van der Waals surface area contributed by atoms with Crippen LogP contribution in [0.3, 0.4) is 0 Å². The zero-order chi connectivity index (χ0) is 28.2. The average Bonchev–Trinajstić information content (AvgIpc) is 3.33. The van der Waals surface area contributed by atoms with Gasteiger partial charge in [0.25, 0.3) is 0 Å². The highest BCUT2D eigenvalue weighted by atomic mass is 79.9. The Hall–Kier alpha value is -3.49. The molecule has 0 aromatic carbocycles. The molecule has 208 valence electrons. The van der Waals surface area contributed by atoms with Crippen molar-refractivity contribution in [1.29, 1.82) is 0 Å². The van der Waals surface area contributed by atoms with Crippen molar-refractivity contribution in [1.82, 2.24) is 29.4 Å². The van der Waals surface area contributed by atoms with Crippen LogP contribution in [0.4, 0.5) is 5.82 Å². The van der Waals surface area contributed by atoms with Gasteiger partial charge in [0.1, 0.15) is 28.7 Å². The van der Waals surface area contributed by atoms with E-state index in [-0.39, 0.29) is 48.7 Å². The lowest BCUT2D eigenvalue weighted by Crippen LogP contribution is -2.47. The number of piperidine rings is 1. The Kier molecular flexibility index (Phi) is 6.58. The van der Waals surface area contributed by atoms with Crippen LogP contribution in [0.15, 0.2) is 41.3 Å². The first-order valence-electron chi connectivity index (χ1n) is 12.8. The molecule has 12 nitrogen and oxygen atoms in total. The summed E-state index contributed by atoms with van der Waals surface area (Å²) in [6.45, 7) is 1.34. The van der Waals surface area contributed by atoms with Gasteiger partial charge in [-0.2, -0.15) is 5.10 Å². The summed E-state index contributed by atoms with van der Waals surface area (Å²) >= 11 is 3.34. The lowest BCUT2D eigenvalue weighted by molar-refractivity contribution is -0.138. The number of Topliss-reactive ketones (excluding diaryl/α,β-unsaturated/α-hetero) is 1. The maximum Gasteiger partial charge on any atom is 0.248 e. The zero-order valence-corrected chi connectivity index (χ0v) is 23.9. The molecule has 2 amide bonds. The molecule has 5 heterocycles. The van der Waals surface area contributed by atoms with Crippen LogP contribution in [-0.2, 0) is 26.2 Å². The number of allylic oxidation sites excluding steroid dienone is 1. The van der Waals surface area contributed by atoms with Gasteiger partial charge in [-0.1, -0.05) is 12.2 Å². The van der Waals surface area contributed by atoms with Gasteiger partial charge in [-0.3, -0.25) is 24.0 Å². The van der Waals surface area contributed by atoms with Gasteiger partial charge in [-0.05, 0) is 53.4 Å². The molecule has 2 N–H and O–H groups in total. The molecule has 2 fully saturated rings. The number of likely N-dealkylation sites (tertiary alicyclic amines) is 1. The van der Waals surface area contributed by atoms with Crippen LogP contribution in [0.5, 0.6) is 0 Å². The number of halogens is 1. The van der Waals surface area contributed by atoms with E-state index >= 15 is 0 Å². The molecule has 3 atom stereocenters. The van der Waals surface area contributed by atoms with Gasteiger partial charge in [0.15, 0.2) is 5.78 Å². The molecule has 0 unspecified atom stereocenters. The minimum atomic E-state index is -3.56. The summed E-state index contributed by atoms with van der Waals surface area (Å²) in [5.41, 5.74) is 0.838. The standard InChI is InChI=1S/C26H26BrN7O5S/c1-15(35)23-17-7-8-28-12-19(17)33(32-23)13-22(36)34-18-10-26(11-20(26)34)14-29-40(38,39)9-3-2-4-16-5-6-21(27)30-24(16)31-25(18)37/h2,4-8,12,18,20,29H,3,9-11,13-14H2,1H3,(H,30,31,37)/b4-2-/t18-,20+,26-/m0/s1. The minimum Gasteiger partial charge on any atom is -0.325 e. The molecule has 1 aliphatic carbocycles. The fourth-order valence-electron chi connectivity index (χ4n) is 5.72. The number of pyridine rings is 2. The smallest absolute Gasteiger partial charge is 0.248 e. The van der Waals surface area contributed by atoms with E-state index in [9.17, 15) is 22.8 Å². The highest BCUT2D eigenvalue weighted by Gasteiger charge is 2.67. The highest BCUT2D eigenvalue weighted by Crippen LogP contribution is 2.59. The van der Waals surface area contributed by atoms with Gasteiger partial charge in [-0.25, -0.2) is 18.1 Å². The molecule has 40 heavy (non-hydrogen) atoms. The molecule has 14 heteroatoms. The third kappa shape index (κ3) is 4.84. The molecule has 3 aliphatic rings. The number of amides is 2. The van der Waals surface area contributed by atoms with Crippen molar-refractivity contribution in [3.05, 3.63) is 52.5 Å². The SMILES string of the molecule is CC(=O)c1nn(CC(=O)N2[C@H]3C[C@@]4(CNS(=O)(=O)CC/C=C\c5ccc(Br)nc5NC3=O)C[C@@H]24)c2cnccc12. The summed E-state index contributed by atoms with van der Waals surface area (Å²) < 4.78 is 30.1. The van der Waals surface area contributed by atoms with E-state index in [4.69, 9.17) is 0 Å².